The quantitative estimate of drug-likeness (QED) is 0.821. The highest BCUT2D eigenvalue weighted by Crippen LogP contribution is 2.32. The predicted octanol–water partition coefficient (Wildman–Crippen LogP) is 1.50. The average Bonchev–Trinajstić information content (AvgIpc) is 2.36. The first-order valence-electron chi connectivity index (χ1n) is 7.80. The SMILES string of the molecule is CCNCC1(CN2CC(C)OC(C)C2)CCOCC1. The summed E-state index contributed by atoms with van der Waals surface area (Å²) in [5, 5.41) is 3.56. The van der Waals surface area contributed by atoms with E-state index in [-0.39, 0.29) is 0 Å². The molecule has 0 spiro atoms. The molecule has 0 amide bonds. The fraction of sp³-hybridized carbons (Fsp3) is 1.00. The van der Waals surface area contributed by atoms with Crippen molar-refractivity contribution in [1.82, 2.24) is 10.2 Å². The van der Waals surface area contributed by atoms with Crippen molar-refractivity contribution in [2.45, 2.75) is 45.8 Å². The van der Waals surface area contributed by atoms with E-state index in [1.165, 1.54) is 19.4 Å². The molecule has 112 valence electrons. The Kier molecular flexibility index (Phi) is 5.63. The molecule has 2 aliphatic heterocycles. The molecule has 0 saturated carbocycles. The van der Waals surface area contributed by atoms with E-state index in [2.05, 4.69) is 31.0 Å². The zero-order chi connectivity index (χ0) is 13.7. The van der Waals surface area contributed by atoms with Crippen molar-refractivity contribution < 1.29 is 9.47 Å². The molecule has 2 fully saturated rings. The smallest absolute Gasteiger partial charge is 0.0678 e. The lowest BCUT2D eigenvalue weighted by molar-refractivity contribution is -0.0875. The molecule has 0 bridgehead atoms. The van der Waals surface area contributed by atoms with E-state index in [9.17, 15) is 0 Å². The molecule has 4 nitrogen and oxygen atoms in total. The largest absolute Gasteiger partial charge is 0.381 e. The van der Waals surface area contributed by atoms with Crippen LogP contribution in [0.1, 0.15) is 33.6 Å². The minimum absolute atomic E-state index is 0.361. The van der Waals surface area contributed by atoms with Gasteiger partial charge in [0.25, 0.3) is 0 Å². The van der Waals surface area contributed by atoms with E-state index in [0.29, 0.717) is 17.6 Å². The van der Waals surface area contributed by atoms with Gasteiger partial charge >= 0.3 is 0 Å². The van der Waals surface area contributed by atoms with Crippen molar-refractivity contribution in [1.29, 1.82) is 0 Å². The van der Waals surface area contributed by atoms with Crippen LogP contribution in [-0.4, -0.2) is 63.0 Å². The summed E-state index contributed by atoms with van der Waals surface area (Å²) in [5.74, 6) is 0. The molecule has 2 atom stereocenters. The summed E-state index contributed by atoms with van der Waals surface area (Å²) in [6.07, 6.45) is 3.08. The Morgan fingerprint density at radius 2 is 1.79 bits per heavy atom. The number of nitrogens with zero attached hydrogens (tertiary/aromatic N) is 1. The molecule has 2 aliphatic rings. The fourth-order valence-corrected chi connectivity index (χ4v) is 3.47. The van der Waals surface area contributed by atoms with Crippen molar-refractivity contribution in [3.05, 3.63) is 0 Å². The van der Waals surface area contributed by atoms with Gasteiger partial charge < -0.3 is 14.8 Å². The number of morpholine rings is 1. The van der Waals surface area contributed by atoms with Crippen LogP contribution in [0.15, 0.2) is 0 Å². The van der Waals surface area contributed by atoms with E-state index < -0.39 is 0 Å². The van der Waals surface area contributed by atoms with E-state index in [1.54, 1.807) is 0 Å². The van der Waals surface area contributed by atoms with Gasteiger partial charge in [-0.25, -0.2) is 0 Å². The summed E-state index contributed by atoms with van der Waals surface area (Å²) in [6.45, 7) is 13.9. The molecule has 0 radical (unpaired) electrons. The fourth-order valence-electron chi connectivity index (χ4n) is 3.47. The van der Waals surface area contributed by atoms with E-state index in [1.807, 2.05) is 0 Å². The van der Waals surface area contributed by atoms with Crippen molar-refractivity contribution in [3.8, 4) is 0 Å². The molecule has 0 aliphatic carbocycles. The highest BCUT2D eigenvalue weighted by molar-refractivity contribution is 4.89. The zero-order valence-electron chi connectivity index (χ0n) is 12.8. The van der Waals surface area contributed by atoms with Gasteiger partial charge in [-0.05, 0) is 38.6 Å². The van der Waals surface area contributed by atoms with Crippen LogP contribution in [0.25, 0.3) is 0 Å². The maximum Gasteiger partial charge on any atom is 0.0678 e. The second-order valence-electron chi connectivity index (χ2n) is 6.34. The van der Waals surface area contributed by atoms with Crippen LogP contribution in [0, 0.1) is 5.41 Å². The van der Waals surface area contributed by atoms with Gasteiger partial charge in [0.15, 0.2) is 0 Å². The highest BCUT2D eigenvalue weighted by Gasteiger charge is 2.36. The zero-order valence-corrected chi connectivity index (χ0v) is 12.8. The summed E-state index contributed by atoms with van der Waals surface area (Å²) in [4.78, 5) is 2.60. The molecule has 0 aromatic carbocycles. The first kappa shape index (κ1) is 15.2. The van der Waals surface area contributed by atoms with Gasteiger partial charge in [-0.2, -0.15) is 0 Å². The molecular weight excluding hydrogens is 240 g/mol. The van der Waals surface area contributed by atoms with Crippen LogP contribution in [0.5, 0.6) is 0 Å². The highest BCUT2D eigenvalue weighted by atomic mass is 16.5. The summed E-state index contributed by atoms with van der Waals surface area (Å²) in [7, 11) is 0. The molecule has 2 unspecified atom stereocenters. The second kappa shape index (κ2) is 7.02. The molecule has 2 heterocycles. The lowest BCUT2D eigenvalue weighted by Crippen LogP contribution is -2.53. The number of hydrogen-bond acceptors (Lipinski definition) is 4. The normalized spacial score (nSPS) is 32.4. The van der Waals surface area contributed by atoms with Crippen LogP contribution in [-0.2, 0) is 9.47 Å². The van der Waals surface area contributed by atoms with E-state index in [4.69, 9.17) is 9.47 Å². The van der Waals surface area contributed by atoms with E-state index >= 15 is 0 Å². The monoisotopic (exact) mass is 270 g/mol. The Hall–Kier alpha value is -0.160. The number of rotatable bonds is 5. The van der Waals surface area contributed by atoms with Gasteiger partial charge in [0, 0.05) is 39.4 Å². The third kappa shape index (κ3) is 4.42. The van der Waals surface area contributed by atoms with Crippen molar-refractivity contribution in [2.24, 2.45) is 5.41 Å². The lowest BCUT2D eigenvalue weighted by atomic mass is 9.79. The Labute approximate surface area is 117 Å². The average molecular weight is 270 g/mol. The number of hydrogen-bond donors (Lipinski definition) is 1. The number of nitrogens with one attached hydrogen (secondary N) is 1. The minimum Gasteiger partial charge on any atom is -0.381 e. The second-order valence-corrected chi connectivity index (χ2v) is 6.34. The van der Waals surface area contributed by atoms with Crippen LogP contribution >= 0.6 is 0 Å². The molecule has 1 N–H and O–H groups in total. The Morgan fingerprint density at radius 3 is 2.37 bits per heavy atom. The van der Waals surface area contributed by atoms with Crippen LogP contribution in [0.2, 0.25) is 0 Å². The van der Waals surface area contributed by atoms with Gasteiger partial charge in [-0.3, -0.25) is 4.90 Å². The maximum absolute atomic E-state index is 5.84. The van der Waals surface area contributed by atoms with Crippen LogP contribution in [0.4, 0.5) is 0 Å². The van der Waals surface area contributed by atoms with Gasteiger partial charge in [0.05, 0.1) is 12.2 Å². The molecule has 4 heteroatoms. The Bertz CT molecular complexity index is 257. The predicted molar refractivity (Wildman–Crippen MR) is 77.5 cm³/mol. The Morgan fingerprint density at radius 1 is 1.16 bits per heavy atom. The maximum atomic E-state index is 5.84. The molecule has 19 heavy (non-hydrogen) atoms. The topological polar surface area (TPSA) is 33.7 Å². The summed E-state index contributed by atoms with van der Waals surface area (Å²) in [5.41, 5.74) is 0.394. The molecule has 0 aromatic heterocycles. The summed E-state index contributed by atoms with van der Waals surface area (Å²) >= 11 is 0. The summed E-state index contributed by atoms with van der Waals surface area (Å²) < 4.78 is 11.4. The van der Waals surface area contributed by atoms with Gasteiger partial charge in [-0.1, -0.05) is 6.92 Å². The van der Waals surface area contributed by atoms with Crippen molar-refractivity contribution in [3.63, 3.8) is 0 Å². The molecule has 2 saturated heterocycles. The van der Waals surface area contributed by atoms with Gasteiger partial charge in [0.2, 0.25) is 0 Å². The van der Waals surface area contributed by atoms with Crippen molar-refractivity contribution in [2.75, 3.05) is 45.9 Å². The first-order chi connectivity index (χ1) is 9.13. The third-order valence-corrected chi connectivity index (χ3v) is 4.36. The molecule has 2 rings (SSSR count). The minimum atomic E-state index is 0.361. The van der Waals surface area contributed by atoms with Crippen molar-refractivity contribution >= 4 is 0 Å². The van der Waals surface area contributed by atoms with Crippen LogP contribution in [0.3, 0.4) is 0 Å². The lowest BCUT2D eigenvalue weighted by Gasteiger charge is -2.44. The Balaban J connectivity index is 1.94. The molecule has 0 aromatic rings. The van der Waals surface area contributed by atoms with Gasteiger partial charge in [0.1, 0.15) is 0 Å². The molecular formula is C15H30N2O2. The third-order valence-electron chi connectivity index (χ3n) is 4.36. The number of ether oxygens (including phenoxy) is 2. The first-order valence-corrected chi connectivity index (χ1v) is 7.80. The van der Waals surface area contributed by atoms with Crippen LogP contribution < -0.4 is 5.32 Å². The standard InChI is InChI=1S/C15H30N2O2/c1-4-16-11-15(5-7-18-8-6-15)12-17-9-13(2)19-14(3)10-17/h13-14,16H,4-12H2,1-3H3. The van der Waals surface area contributed by atoms with E-state index in [0.717, 1.165) is 39.4 Å². The summed E-state index contributed by atoms with van der Waals surface area (Å²) in [6, 6.07) is 0. The van der Waals surface area contributed by atoms with Gasteiger partial charge in [-0.15, -0.1) is 0 Å².